The third-order valence-corrected chi connectivity index (χ3v) is 8.77. The monoisotopic (exact) mass is 647 g/mol. The summed E-state index contributed by atoms with van der Waals surface area (Å²) in [6.07, 6.45) is -2.51. The number of hydrogen-bond acceptors (Lipinski definition) is 6. The molecule has 45 heavy (non-hydrogen) atoms. The van der Waals surface area contributed by atoms with Crippen LogP contribution in [0.3, 0.4) is 0 Å². The van der Waals surface area contributed by atoms with Gasteiger partial charge in [-0.05, 0) is 101 Å². The Bertz CT molecular complexity index is 1440. The molecule has 0 saturated carbocycles. The van der Waals surface area contributed by atoms with Crippen molar-refractivity contribution in [2.24, 2.45) is 4.99 Å². The Kier molecular flexibility index (Phi) is 11.2. The second kappa shape index (κ2) is 14.4. The van der Waals surface area contributed by atoms with Gasteiger partial charge in [0.25, 0.3) is 0 Å². The number of benzene rings is 3. The van der Waals surface area contributed by atoms with Crippen LogP contribution in [0.4, 0.5) is 13.2 Å². The molecule has 1 unspecified atom stereocenters. The van der Waals surface area contributed by atoms with E-state index in [1.165, 1.54) is 12.1 Å². The van der Waals surface area contributed by atoms with Crippen LogP contribution in [0.25, 0.3) is 10.8 Å². The van der Waals surface area contributed by atoms with Crippen molar-refractivity contribution in [3.05, 3.63) is 77.4 Å². The number of rotatable bonds is 13. The summed E-state index contributed by atoms with van der Waals surface area (Å²) in [5.41, 5.74) is -0.867. The minimum absolute atomic E-state index is 0.145. The van der Waals surface area contributed by atoms with E-state index in [9.17, 15) is 13.2 Å². The van der Waals surface area contributed by atoms with Crippen LogP contribution in [0.15, 0.2) is 65.7 Å². The summed E-state index contributed by atoms with van der Waals surface area (Å²) < 4.78 is 72.1. The first kappa shape index (κ1) is 35.1. The van der Waals surface area contributed by atoms with Crippen molar-refractivity contribution in [2.75, 3.05) is 19.8 Å². The van der Waals surface area contributed by atoms with E-state index in [4.69, 9.17) is 28.0 Å². The molecule has 246 valence electrons. The van der Waals surface area contributed by atoms with Gasteiger partial charge in [-0.15, -0.1) is 0 Å². The normalized spacial score (nSPS) is 17.5. The van der Waals surface area contributed by atoms with Gasteiger partial charge in [0.15, 0.2) is 5.90 Å². The quantitative estimate of drug-likeness (QED) is 0.137. The molecule has 0 aliphatic carbocycles. The Hall–Kier alpha value is -2.71. The van der Waals surface area contributed by atoms with E-state index in [1.54, 1.807) is 13.0 Å². The first-order valence-electron chi connectivity index (χ1n) is 15.3. The van der Waals surface area contributed by atoms with Gasteiger partial charge in [-0.25, -0.2) is 4.99 Å². The fourth-order valence-corrected chi connectivity index (χ4v) is 6.40. The van der Waals surface area contributed by atoms with Gasteiger partial charge in [0.05, 0.1) is 30.0 Å². The van der Waals surface area contributed by atoms with Gasteiger partial charge >= 0.3 is 14.8 Å². The minimum atomic E-state index is -4.56. The lowest BCUT2D eigenvalue weighted by Crippen LogP contribution is -2.35. The van der Waals surface area contributed by atoms with E-state index in [-0.39, 0.29) is 25.6 Å². The molecule has 4 rings (SSSR count). The second-order valence-electron chi connectivity index (χ2n) is 13.5. The van der Waals surface area contributed by atoms with Gasteiger partial charge < -0.3 is 23.0 Å². The average molecular weight is 648 g/mol. The predicted molar refractivity (Wildman–Crippen MR) is 174 cm³/mol. The predicted octanol–water partition coefficient (Wildman–Crippen LogP) is 9.86. The van der Waals surface area contributed by atoms with Crippen molar-refractivity contribution in [2.45, 2.75) is 97.1 Å². The summed E-state index contributed by atoms with van der Waals surface area (Å²) in [7, 11) is -1.71. The van der Waals surface area contributed by atoms with E-state index < -0.39 is 37.1 Å². The molecule has 0 amide bonds. The van der Waals surface area contributed by atoms with Gasteiger partial charge in [-0.3, -0.25) is 0 Å². The van der Waals surface area contributed by atoms with Gasteiger partial charge in [0, 0.05) is 6.92 Å². The number of hydrogen-bond donors (Lipinski definition) is 0. The summed E-state index contributed by atoms with van der Waals surface area (Å²) in [5, 5.41) is 2.29. The molecule has 1 aliphatic heterocycles. The zero-order valence-electron chi connectivity index (χ0n) is 27.3. The van der Waals surface area contributed by atoms with Crippen LogP contribution in [0.2, 0.25) is 0 Å². The van der Waals surface area contributed by atoms with E-state index in [1.807, 2.05) is 65.8 Å². The fourth-order valence-electron chi connectivity index (χ4n) is 5.02. The maximum absolute atomic E-state index is 14.2. The molecule has 0 saturated heterocycles. The number of aliphatic imine (C=N–C) groups is 1. The smallest absolute Gasteiger partial charge is 0.419 e. The summed E-state index contributed by atoms with van der Waals surface area (Å²) >= 11 is 0. The van der Waals surface area contributed by atoms with Crippen molar-refractivity contribution < 1.29 is 36.2 Å². The van der Waals surface area contributed by atoms with Crippen LogP contribution in [0.5, 0.6) is 5.75 Å². The number of aryl methyl sites for hydroxylation is 2. The third kappa shape index (κ3) is 10.7. The van der Waals surface area contributed by atoms with E-state index in [0.717, 1.165) is 16.3 Å². The number of fused-ring (bicyclic) bond motifs is 1. The largest absolute Gasteiger partial charge is 0.493 e. The first-order chi connectivity index (χ1) is 21.0. The van der Waals surface area contributed by atoms with Crippen molar-refractivity contribution in [1.82, 2.24) is 0 Å². The van der Waals surface area contributed by atoms with Gasteiger partial charge in [0.2, 0.25) is 0 Å². The summed E-state index contributed by atoms with van der Waals surface area (Å²) in [6, 6.07) is 18.5. The van der Waals surface area contributed by atoms with Gasteiger partial charge in [-0.2, -0.15) is 13.2 Å². The number of nitrogens with zero attached hydrogens (tertiary/aromatic N) is 1. The topological polar surface area (TPSA) is 58.5 Å². The Labute approximate surface area is 266 Å². The first-order valence-corrected chi connectivity index (χ1v) is 16.4. The Balaban J connectivity index is 1.41. The maximum atomic E-state index is 14.2. The molecule has 0 radical (unpaired) electrons. The molecule has 1 aliphatic rings. The molecular formula is C35H45F3NO5P. The zero-order chi connectivity index (χ0) is 32.9. The molecule has 0 N–H and O–H groups in total. The van der Waals surface area contributed by atoms with E-state index >= 15 is 0 Å². The standard InChI is InChI=1S/C35H45F3NO5P/c1-25-39-34(23-41-25,24-42-45(43-32(2,3)4)44-33(5,6)7)20-19-26-17-18-31(30(22-26)35(36,37)38)40-21-11-15-28-14-10-13-27-12-8-9-16-29(27)28/h8-10,12-14,16-18,22H,11,15,19-21,23-24H2,1-7H3. The fraction of sp³-hybridized carbons (Fsp3) is 0.514. The minimum Gasteiger partial charge on any atom is -0.493 e. The molecule has 3 aromatic rings. The summed E-state index contributed by atoms with van der Waals surface area (Å²) in [5.74, 6) is 0.351. The second-order valence-corrected chi connectivity index (χ2v) is 14.5. The molecule has 0 aromatic heterocycles. The lowest BCUT2D eigenvalue weighted by Gasteiger charge is -2.32. The van der Waals surface area contributed by atoms with E-state index in [2.05, 4.69) is 18.2 Å². The maximum Gasteiger partial charge on any atom is 0.419 e. The van der Waals surface area contributed by atoms with Crippen LogP contribution < -0.4 is 4.74 Å². The number of alkyl halides is 3. The van der Waals surface area contributed by atoms with Crippen molar-refractivity contribution in [1.29, 1.82) is 0 Å². The van der Waals surface area contributed by atoms with Crippen molar-refractivity contribution in [3.8, 4) is 5.75 Å². The molecule has 0 fully saturated rings. The van der Waals surface area contributed by atoms with E-state index in [0.29, 0.717) is 37.1 Å². The summed E-state index contributed by atoms with van der Waals surface area (Å²) in [4.78, 5) is 4.70. The zero-order valence-corrected chi connectivity index (χ0v) is 28.2. The molecule has 10 heteroatoms. The SMILES string of the molecule is CC1=NC(CCc2ccc(OCCCc3cccc4ccccc34)c(C(F)(F)F)c2)(COP(OC(C)(C)C)OC(C)(C)C)CO1. The lowest BCUT2D eigenvalue weighted by molar-refractivity contribution is -0.139. The van der Waals surface area contributed by atoms with Crippen molar-refractivity contribution in [3.63, 3.8) is 0 Å². The van der Waals surface area contributed by atoms with Crippen molar-refractivity contribution >= 4 is 25.3 Å². The van der Waals surface area contributed by atoms with Crippen LogP contribution in [0.1, 0.15) is 78.0 Å². The number of halogens is 3. The molecule has 1 atom stereocenters. The molecule has 6 nitrogen and oxygen atoms in total. The molecule has 3 aromatic carbocycles. The lowest BCUT2D eigenvalue weighted by atomic mass is 9.93. The Morgan fingerprint density at radius 3 is 2.22 bits per heavy atom. The van der Waals surface area contributed by atoms with Crippen LogP contribution in [-0.2, 0) is 37.3 Å². The molecule has 1 heterocycles. The highest BCUT2D eigenvalue weighted by Crippen LogP contribution is 2.48. The highest BCUT2D eigenvalue weighted by atomic mass is 31.2. The summed E-state index contributed by atoms with van der Waals surface area (Å²) in [6.45, 7) is 13.9. The van der Waals surface area contributed by atoms with Crippen LogP contribution in [0, 0.1) is 0 Å². The third-order valence-electron chi connectivity index (χ3n) is 7.04. The van der Waals surface area contributed by atoms with Gasteiger partial charge in [-0.1, -0.05) is 48.5 Å². The number of ether oxygens (including phenoxy) is 2. The molecule has 0 spiro atoms. The molecule has 0 bridgehead atoms. The Morgan fingerprint density at radius 2 is 1.58 bits per heavy atom. The van der Waals surface area contributed by atoms with Crippen LogP contribution in [-0.4, -0.2) is 42.5 Å². The highest BCUT2D eigenvalue weighted by Gasteiger charge is 2.39. The highest BCUT2D eigenvalue weighted by molar-refractivity contribution is 7.41. The Morgan fingerprint density at radius 1 is 0.889 bits per heavy atom. The average Bonchev–Trinajstić information content (AvgIpc) is 3.32. The molecular weight excluding hydrogens is 602 g/mol. The van der Waals surface area contributed by atoms with Crippen LogP contribution >= 0.6 is 8.60 Å². The van der Waals surface area contributed by atoms with Gasteiger partial charge in [0.1, 0.15) is 17.9 Å².